The fourth-order valence-electron chi connectivity index (χ4n) is 4.95. The van der Waals surface area contributed by atoms with Gasteiger partial charge in [-0.15, -0.1) is 0 Å². The first kappa shape index (κ1) is 36.7. The molecule has 48 heavy (non-hydrogen) atoms. The summed E-state index contributed by atoms with van der Waals surface area (Å²) < 4.78 is 48.7. The monoisotopic (exact) mass is 713 g/mol. The van der Waals surface area contributed by atoms with Crippen LogP contribution in [0.25, 0.3) is 0 Å². The van der Waals surface area contributed by atoms with E-state index in [4.69, 9.17) is 27.9 Å². The van der Waals surface area contributed by atoms with E-state index in [9.17, 15) is 22.4 Å². The number of anilines is 1. The number of carbonyl (C=O) groups is 2. The summed E-state index contributed by atoms with van der Waals surface area (Å²) in [5.74, 6) is -1.06. The molecule has 0 bridgehead atoms. The van der Waals surface area contributed by atoms with Crippen LogP contribution in [0, 0.1) is 11.7 Å². The van der Waals surface area contributed by atoms with Crippen molar-refractivity contribution < 1.29 is 27.1 Å². The summed E-state index contributed by atoms with van der Waals surface area (Å²) in [5.41, 5.74) is 1.36. The molecule has 0 fully saturated rings. The minimum Gasteiger partial charge on any atom is -0.494 e. The predicted molar refractivity (Wildman–Crippen MR) is 187 cm³/mol. The minimum absolute atomic E-state index is 0.0620. The summed E-state index contributed by atoms with van der Waals surface area (Å²) in [5, 5.41) is 3.60. The third-order valence-electron chi connectivity index (χ3n) is 7.43. The van der Waals surface area contributed by atoms with E-state index >= 15 is 0 Å². The smallest absolute Gasteiger partial charge is 0.264 e. The molecule has 0 saturated carbocycles. The highest BCUT2D eigenvalue weighted by Gasteiger charge is 2.35. The summed E-state index contributed by atoms with van der Waals surface area (Å²) in [7, 11) is -4.38. The Morgan fingerprint density at radius 1 is 0.917 bits per heavy atom. The van der Waals surface area contributed by atoms with Crippen molar-refractivity contribution in [1.82, 2.24) is 10.2 Å². The lowest BCUT2D eigenvalue weighted by molar-refractivity contribution is -0.140. The molecule has 0 aliphatic rings. The molecule has 8 nitrogen and oxygen atoms in total. The Labute approximate surface area is 291 Å². The Morgan fingerprint density at radius 2 is 1.58 bits per heavy atom. The van der Waals surface area contributed by atoms with E-state index in [-0.39, 0.29) is 34.5 Å². The van der Waals surface area contributed by atoms with Crippen LogP contribution in [-0.2, 0) is 32.6 Å². The van der Waals surface area contributed by atoms with Gasteiger partial charge in [0, 0.05) is 29.6 Å². The number of ether oxygens (including phenoxy) is 1. The van der Waals surface area contributed by atoms with E-state index in [0.717, 1.165) is 22.0 Å². The van der Waals surface area contributed by atoms with Gasteiger partial charge >= 0.3 is 0 Å². The highest BCUT2D eigenvalue weighted by molar-refractivity contribution is 7.92. The van der Waals surface area contributed by atoms with Gasteiger partial charge in [-0.2, -0.15) is 0 Å². The van der Waals surface area contributed by atoms with Crippen LogP contribution < -0.4 is 14.4 Å². The second kappa shape index (κ2) is 16.8. The van der Waals surface area contributed by atoms with Crippen LogP contribution in [0.1, 0.15) is 31.9 Å². The maximum absolute atomic E-state index is 14.5. The van der Waals surface area contributed by atoms with Crippen LogP contribution >= 0.6 is 23.2 Å². The van der Waals surface area contributed by atoms with Gasteiger partial charge in [0.05, 0.1) is 17.2 Å². The number of sulfonamides is 1. The number of hydrogen-bond donors (Lipinski definition) is 1. The second-order valence-corrected chi connectivity index (χ2v) is 14.2. The van der Waals surface area contributed by atoms with Gasteiger partial charge in [0.25, 0.3) is 10.0 Å². The third-order valence-corrected chi connectivity index (χ3v) is 9.80. The molecule has 1 N–H and O–H groups in total. The van der Waals surface area contributed by atoms with Gasteiger partial charge in [0.2, 0.25) is 11.8 Å². The Hall–Kier alpha value is -4.12. The zero-order chi connectivity index (χ0) is 34.8. The van der Waals surface area contributed by atoms with E-state index < -0.39 is 40.2 Å². The van der Waals surface area contributed by atoms with Crippen molar-refractivity contribution >= 4 is 50.7 Å². The lowest BCUT2D eigenvalue weighted by atomic mass is 10.0. The van der Waals surface area contributed by atoms with Crippen molar-refractivity contribution in [2.24, 2.45) is 5.92 Å². The molecule has 1 atom stereocenters. The van der Waals surface area contributed by atoms with Gasteiger partial charge in [-0.25, -0.2) is 12.8 Å². The standard InChI is InChI=1S/C36H38Cl2FN3O5S/c1-4-47-31-16-18-32(19-17-31)48(45,46)42(30-14-12-29(39)13-15-30)24-35(43)41(23-27-10-11-28(37)21-33(27)38)34(36(44)40-22-25(2)3)20-26-8-6-5-7-9-26/h5-19,21,25,34H,4,20,22-24H2,1-3H3,(H,40,44). The third kappa shape index (κ3) is 9.71. The number of benzene rings is 4. The molecule has 0 aliphatic heterocycles. The topological polar surface area (TPSA) is 96.0 Å². The quantitative estimate of drug-likeness (QED) is 0.141. The van der Waals surface area contributed by atoms with Crippen LogP contribution in [0.2, 0.25) is 10.0 Å². The lowest BCUT2D eigenvalue weighted by Crippen LogP contribution is -2.53. The van der Waals surface area contributed by atoms with Gasteiger partial charge in [0.15, 0.2) is 0 Å². The summed E-state index contributed by atoms with van der Waals surface area (Å²) in [6, 6.07) is 23.6. The predicted octanol–water partition coefficient (Wildman–Crippen LogP) is 7.14. The molecule has 4 aromatic carbocycles. The van der Waals surface area contributed by atoms with Crippen molar-refractivity contribution in [1.29, 1.82) is 0 Å². The molecule has 0 aliphatic carbocycles. The van der Waals surface area contributed by atoms with Crippen LogP contribution in [0.5, 0.6) is 5.75 Å². The largest absolute Gasteiger partial charge is 0.494 e. The molecule has 0 aromatic heterocycles. The highest BCUT2D eigenvalue weighted by atomic mass is 35.5. The fraction of sp³-hybridized carbons (Fsp3) is 0.278. The molecule has 0 heterocycles. The van der Waals surface area contributed by atoms with E-state index in [1.807, 2.05) is 51.1 Å². The SMILES string of the molecule is CCOc1ccc(S(=O)(=O)N(CC(=O)N(Cc2ccc(Cl)cc2Cl)C(Cc2ccccc2)C(=O)NCC(C)C)c2ccc(F)cc2)cc1. The van der Waals surface area contributed by atoms with Crippen molar-refractivity contribution in [2.75, 3.05) is 24.0 Å². The first-order valence-corrected chi connectivity index (χ1v) is 17.6. The number of nitrogens with one attached hydrogen (secondary N) is 1. The van der Waals surface area contributed by atoms with Crippen molar-refractivity contribution in [3.63, 3.8) is 0 Å². The van der Waals surface area contributed by atoms with E-state index in [1.54, 1.807) is 12.1 Å². The maximum atomic E-state index is 14.5. The molecule has 1 unspecified atom stereocenters. The number of carbonyl (C=O) groups excluding carboxylic acids is 2. The molecule has 2 amide bonds. The average molecular weight is 715 g/mol. The highest BCUT2D eigenvalue weighted by Crippen LogP contribution is 2.28. The Bertz CT molecular complexity index is 1790. The lowest BCUT2D eigenvalue weighted by Gasteiger charge is -2.34. The molecule has 254 valence electrons. The van der Waals surface area contributed by atoms with Crippen LogP contribution in [0.4, 0.5) is 10.1 Å². The Kier molecular flexibility index (Phi) is 12.9. The molecule has 4 rings (SSSR count). The summed E-state index contributed by atoms with van der Waals surface area (Å²) in [4.78, 5) is 29.7. The molecular formula is C36H38Cl2FN3O5S. The van der Waals surface area contributed by atoms with Crippen LogP contribution in [-0.4, -0.2) is 50.9 Å². The number of amides is 2. The van der Waals surface area contributed by atoms with Crippen LogP contribution in [0.3, 0.4) is 0 Å². The first-order chi connectivity index (χ1) is 22.9. The van der Waals surface area contributed by atoms with Gasteiger partial charge in [0.1, 0.15) is 24.2 Å². The zero-order valence-corrected chi connectivity index (χ0v) is 29.2. The summed E-state index contributed by atoms with van der Waals surface area (Å²) in [6.45, 7) is 5.65. The van der Waals surface area contributed by atoms with E-state index in [0.29, 0.717) is 29.5 Å². The molecule has 12 heteroatoms. The Morgan fingerprint density at radius 3 is 2.19 bits per heavy atom. The molecule has 0 radical (unpaired) electrons. The molecule has 0 saturated heterocycles. The van der Waals surface area contributed by atoms with Crippen molar-refractivity contribution in [3.8, 4) is 5.75 Å². The first-order valence-electron chi connectivity index (χ1n) is 15.4. The molecule has 0 spiro atoms. The summed E-state index contributed by atoms with van der Waals surface area (Å²) in [6.07, 6.45) is 0.143. The average Bonchev–Trinajstić information content (AvgIpc) is 3.06. The number of halogens is 3. The summed E-state index contributed by atoms with van der Waals surface area (Å²) >= 11 is 12.7. The number of nitrogens with zero attached hydrogens (tertiary/aromatic N) is 2. The fourth-order valence-corrected chi connectivity index (χ4v) is 6.83. The van der Waals surface area contributed by atoms with Crippen LogP contribution in [0.15, 0.2) is 102 Å². The van der Waals surface area contributed by atoms with Gasteiger partial charge < -0.3 is 15.0 Å². The van der Waals surface area contributed by atoms with E-state index in [1.165, 1.54) is 47.4 Å². The normalized spacial score (nSPS) is 12.0. The Balaban J connectivity index is 1.81. The van der Waals surface area contributed by atoms with Crippen molar-refractivity contribution in [2.45, 2.75) is 44.7 Å². The molecular weight excluding hydrogens is 676 g/mol. The molecule has 4 aromatic rings. The minimum atomic E-state index is -4.38. The maximum Gasteiger partial charge on any atom is 0.264 e. The zero-order valence-electron chi connectivity index (χ0n) is 26.9. The number of hydrogen-bond acceptors (Lipinski definition) is 5. The van der Waals surface area contributed by atoms with Gasteiger partial charge in [-0.05, 0) is 84.6 Å². The number of rotatable bonds is 15. The van der Waals surface area contributed by atoms with E-state index in [2.05, 4.69) is 5.32 Å². The second-order valence-electron chi connectivity index (χ2n) is 11.5. The van der Waals surface area contributed by atoms with Gasteiger partial charge in [-0.3, -0.25) is 13.9 Å². The van der Waals surface area contributed by atoms with Gasteiger partial charge in [-0.1, -0.05) is 73.4 Å². The van der Waals surface area contributed by atoms with Crippen molar-refractivity contribution in [3.05, 3.63) is 124 Å².